The molecule has 1 heterocycles. The second-order valence-corrected chi connectivity index (χ2v) is 8.30. The molecule has 1 saturated heterocycles. The van der Waals surface area contributed by atoms with E-state index in [9.17, 15) is 13.2 Å². The maximum atomic E-state index is 12.7. The van der Waals surface area contributed by atoms with Gasteiger partial charge < -0.3 is 15.5 Å². The lowest BCUT2D eigenvalue weighted by atomic mass is 10.0. The minimum Gasteiger partial charge on any atom is -0.368 e. The van der Waals surface area contributed by atoms with E-state index in [-0.39, 0.29) is 10.8 Å². The predicted octanol–water partition coefficient (Wildman–Crippen LogP) is 0.991. The Labute approximate surface area is 159 Å². The van der Waals surface area contributed by atoms with Gasteiger partial charge in [0.25, 0.3) is 0 Å². The number of carbonyl (C=O) groups excluding carboxylic acids is 1. The molecule has 2 aromatic carbocycles. The van der Waals surface area contributed by atoms with Gasteiger partial charge in [-0.15, -0.1) is 0 Å². The molecule has 2 aromatic rings. The van der Waals surface area contributed by atoms with Crippen LogP contribution in [0.5, 0.6) is 0 Å². The SMILES string of the molecule is Cc1ccc(C(N)C(=O)N2CCN(c3ccc(S(N)(=O)=O)cc3)CC2)cc1. The van der Waals surface area contributed by atoms with Crippen LogP contribution in [0.25, 0.3) is 0 Å². The highest BCUT2D eigenvalue weighted by Crippen LogP contribution is 2.21. The number of nitrogens with zero attached hydrogens (tertiary/aromatic N) is 2. The number of hydrogen-bond acceptors (Lipinski definition) is 5. The first-order valence-corrected chi connectivity index (χ1v) is 10.3. The quantitative estimate of drug-likeness (QED) is 0.812. The lowest BCUT2D eigenvalue weighted by Gasteiger charge is -2.37. The van der Waals surface area contributed by atoms with Gasteiger partial charge in [0.15, 0.2) is 0 Å². The second kappa shape index (κ2) is 7.67. The molecule has 0 aliphatic carbocycles. The van der Waals surface area contributed by atoms with Crippen LogP contribution in [0.2, 0.25) is 0 Å². The van der Waals surface area contributed by atoms with Crippen molar-refractivity contribution in [2.24, 2.45) is 10.9 Å². The zero-order chi connectivity index (χ0) is 19.6. The summed E-state index contributed by atoms with van der Waals surface area (Å²) in [6.07, 6.45) is 0. The van der Waals surface area contributed by atoms with Crippen LogP contribution in [0.1, 0.15) is 17.2 Å². The fourth-order valence-corrected chi connectivity index (χ4v) is 3.66. The number of benzene rings is 2. The minimum absolute atomic E-state index is 0.0805. The summed E-state index contributed by atoms with van der Waals surface area (Å²) in [7, 11) is -3.69. The smallest absolute Gasteiger partial charge is 0.244 e. The van der Waals surface area contributed by atoms with Crippen LogP contribution in [0.3, 0.4) is 0 Å². The molecule has 0 saturated carbocycles. The number of carbonyl (C=O) groups is 1. The first kappa shape index (κ1) is 19.3. The maximum absolute atomic E-state index is 12.7. The van der Waals surface area contributed by atoms with E-state index < -0.39 is 16.1 Å². The van der Waals surface area contributed by atoms with Gasteiger partial charge >= 0.3 is 0 Å². The molecule has 1 fully saturated rings. The van der Waals surface area contributed by atoms with Gasteiger partial charge in [-0.25, -0.2) is 13.6 Å². The number of anilines is 1. The van der Waals surface area contributed by atoms with Gasteiger partial charge in [0.1, 0.15) is 6.04 Å². The first-order valence-electron chi connectivity index (χ1n) is 8.74. The molecule has 1 amide bonds. The molecule has 0 spiro atoms. The molecule has 4 N–H and O–H groups in total. The van der Waals surface area contributed by atoms with E-state index >= 15 is 0 Å². The van der Waals surface area contributed by atoms with Crippen molar-refractivity contribution in [3.8, 4) is 0 Å². The van der Waals surface area contributed by atoms with E-state index in [0.717, 1.165) is 16.8 Å². The van der Waals surface area contributed by atoms with Crippen LogP contribution in [0.15, 0.2) is 53.4 Å². The standard InChI is InChI=1S/C19H24N4O3S/c1-14-2-4-15(5-3-14)18(20)19(24)23-12-10-22(11-13-23)16-6-8-17(9-7-16)27(21,25)26/h2-9,18H,10-13,20H2,1H3,(H2,21,25,26). The molecule has 1 aliphatic rings. The zero-order valence-electron chi connectivity index (χ0n) is 15.2. The molecule has 7 nitrogen and oxygen atoms in total. The van der Waals surface area contributed by atoms with Crippen molar-refractivity contribution in [3.05, 3.63) is 59.7 Å². The summed E-state index contributed by atoms with van der Waals surface area (Å²) in [6, 6.07) is 13.5. The van der Waals surface area contributed by atoms with Crippen LogP contribution in [0.4, 0.5) is 5.69 Å². The van der Waals surface area contributed by atoms with Gasteiger partial charge in [-0.2, -0.15) is 0 Å². The number of rotatable bonds is 4. The normalized spacial score (nSPS) is 16.3. The van der Waals surface area contributed by atoms with Crippen LogP contribution in [-0.4, -0.2) is 45.4 Å². The van der Waals surface area contributed by atoms with Crippen molar-refractivity contribution in [3.63, 3.8) is 0 Å². The summed E-state index contributed by atoms with van der Waals surface area (Å²) in [5.74, 6) is -0.0805. The van der Waals surface area contributed by atoms with Crippen molar-refractivity contribution < 1.29 is 13.2 Å². The van der Waals surface area contributed by atoms with E-state index in [1.54, 1.807) is 17.0 Å². The lowest BCUT2D eigenvalue weighted by Crippen LogP contribution is -2.51. The maximum Gasteiger partial charge on any atom is 0.244 e. The van der Waals surface area contributed by atoms with Crippen LogP contribution in [0, 0.1) is 6.92 Å². The Bertz CT molecular complexity index is 903. The Morgan fingerprint density at radius 2 is 1.52 bits per heavy atom. The third kappa shape index (κ3) is 4.47. The summed E-state index contributed by atoms with van der Waals surface area (Å²) in [4.78, 5) is 16.7. The largest absolute Gasteiger partial charge is 0.368 e. The molecule has 0 bridgehead atoms. The number of sulfonamides is 1. The van der Waals surface area contributed by atoms with E-state index in [1.165, 1.54) is 12.1 Å². The number of aryl methyl sites for hydroxylation is 1. The summed E-state index contributed by atoms with van der Waals surface area (Å²) in [5.41, 5.74) is 8.99. The summed E-state index contributed by atoms with van der Waals surface area (Å²) >= 11 is 0. The molecule has 1 unspecified atom stereocenters. The van der Waals surface area contributed by atoms with E-state index in [1.807, 2.05) is 31.2 Å². The molecule has 8 heteroatoms. The molecular formula is C19H24N4O3S. The molecule has 0 aromatic heterocycles. The highest BCUT2D eigenvalue weighted by atomic mass is 32.2. The van der Waals surface area contributed by atoms with Crippen LogP contribution < -0.4 is 15.8 Å². The number of primary sulfonamides is 1. The van der Waals surface area contributed by atoms with Crippen molar-refractivity contribution in [1.82, 2.24) is 4.90 Å². The Morgan fingerprint density at radius 1 is 0.963 bits per heavy atom. The van der Waals surface area contributed by atoms with E-state index in [0.29, 0.717) is 26.2 Å². The molecule has 0 radical (unpaired) electrons. The number of amides is 1. The Balaban J connectivity index is 1.61. The topological polar surface area (TPSA) is 110 Å². The van der Waals surface area contributed by atoms with Gasteiger partial charge in [0.2, 0.25) is 15.9 Å². The second-order valence-electron chi connectivity index (χ2n) is 6.74. The molecular weight excluding hydrogens is 364 g/mol. The van der Waals surface area contributed by atoms with Crippen molar-refractivity contribution in [2.75, 3.05) is 31.1 Å². The third-order valence-electron chi connectivity index (χ3n) is 4.82. The Hall–Kier alpha value is -2.42. The summed E-state index contributed by atoms with van der Waals surface area (Å²) < 4.78 is 22.7. The number of nitrogens with two attached hydrogens (primary N) is 2. The van der Waals surface area contributed by atoms with Gasteiger partial charge in [-0.1, -0.05) is 29.8 Å². The Kier molecular flexibility index (Phi) is 5.50. The fourth-order valence-electron chi connectivity index (χ4n) is 3.14. The van der Waals surface area contributed by atoms with Crippen molar-refractivity contribution in [2.45, 2.75) is 17.9 Å². The lowest BCUT2D eigenvalue weighted by molar-refractivity contribution is -0.133. The molecule has 1 aliphatic heterocycles. The number of piperazine rings is 1. The third-order valence-corrected chi connectivity index (χ3v) is 5.75. The monoisotopic (exact) mass is 388 g/mol. The fraction of sp³-hybridized carbons (Fsp3) is 0.316. The van der Waals surface area contributed by atoms with E-state index in [4.69, 9.17) is 10.9 Å². The summed E-state index contributed by atoms with van der Waals surface area (Å²) in [5, 5.41) is 5.12. The molecule has 3 rings (SSSR count). The van der Waals surface area contributed by atoms with E-state index in [2.05, 4.69) is 4.90 Å². The zero-order valence-corrected chi connectivity index (χ0v) is 16.0. The molecule has 144 valence electrons. The van der Waals surface area contributed by atoms with Gasteiger partial charge in [-0.3, -0.25) is 4.79 Å². The summed E-state index contributed by atoms with van der Waals surface area (Å²) in [6.45, 7) is 4.43. The highest BCUT2D eigenvalue weighted by molar-refractivity contribution is 7.89. The van der Waals surface area contributed by atoms with Gasteiger partial charge in [0.05, 0.1) is 4.90 Å². The molecule has 1 atom stereocenters. The predicted molar refractivity (Wildman–Crippen MR) is 105 cm³/mol. The average Bonchev–Trinajstić information content (AvgIpc) is 2.67. The first-order chi connectivity index (χ1) is 12.8. The van der Waals surface area contributed by atoms with Crippen LogP contribution in [-0.2, 0) is 14.8 Å². The Morgan fingerprint density at radius 3 is 2.04 bits per heavy atom. The average molecular weight is 388 g/mol. The highest BCUT2D eigenvalue weighted by Gasteiger charge is 2.26. The van der Waals surface area contributed by atoms with Gasteiger partial charge in [0, 0.05) is 31.9 Å². The van der Waals surface area contributed by atoms with Crippen molar-refractivity contribution in [1.29, 1.82) is 0 Å². The van der Waals surface area contributed by atoms with Crippen LogP contribution >= 0.6 is 0 Å². The van der Waals surface area contributed by atoms with Crippen molar-refractivity contribution >= 4 is 21.6 Å². The van der Waals surface area contributed by atoms with Gasteiger partial charge in [-0.05, 0) is 36.8 Å². The molecule has 27 heavy (non-hydrogen) atoms. The number of hydrogen-bond donors (Lipinski definition) is 2. The minimum atomic E-state index is -3.69.